The Hall–Kier alpha value is -2.02. The van der Waals surface area contributed by atoms with Crippen LogP contribution in [0.4, 0.5) is 13.2 Å². The molecule has 0 saturated heterocycles. The summed E-state index contributed by atoms with van der Waals surface area (Å²) in [4.78, 5) is 16.6. The molecule has 1 aromatic carbocycles. The zero-order valence-corrected chi connectivity index (χ0v) is 9.76. The molecule has 1 N–H and O–H groups in total. The van der Waals surface area contributed by atoms with Crippen molar-refractivity contribution in [3.63, 3.8) is 0 Å². The summed E-state index contributed by atoms with van der Waals surface area (Å²) in [6, 6.07) is 4.37. The zero-order valence-electron chi connectivity index (χ0n) is 9.01. The molecule has 3 aromatic rings. The van der Waals surface area contributed by atoms with Crippen LogP contribution in [0.1, 0.15) is 5.82 Å². The van der Waals surface area contributed by atoms with E-state index in [0.29, 0.717) is 5.02 Å². The van der Waals surface area contributed by atoms with E-state index in [9.17, 15) is 18.0 Å². The van der Waals surface area contributed by atoms with E-state index in [4.69, 9.17) is 16.0 Å². The van der Waals surface area contributed by atoms with Gasteiger partial charge in [-0.15, -0.1) is 0 Å². The van der Waals surface area contributed by atoms with Crippen LogP contribution < -0.4 is 5.56 Å². The van der Waals surface area contributed by atoms with Gasteiger partial charge in [0.15, 0.2) is 0 Å². The van der Waals surface area contributed by atoms with Crippen molar-refractivity contribution >= 4 is 33.7 Å². The van der Waals surface area contributed by atoms with Gasteiger partial charge in [-0.3, -0.25) is 9.78 Å². The molecule has 0 bridgehead atoms. The number of fused-ring (bicyclic) bond motifs is 3. The lowest BCUT2D eigenvalue weighted by atomic mass is 10.2. The Morgan fingerprint density at radius 3 is 2.74 bits per heavy atom. The zero-order chi connectivity index (χ0) is 13.8. The number of benzene rings is 1. The predicted molar refractivity (Wildman–Crippen MR) is 62.1 cm³/mol. The molecule has 0 atom stereocenters. The first-order valence-corrected chi connectivity index (χ1v) is 5.43. The van der Waals surface area contributed by atoms with Crippen LogP contribution in [0, 0.1) is 0 Å². The Morgan fingerprint density at radius 2 is 2.05 bits per heavy atom. The molecule has 0 amide bonds. The summed E-state index contributed by atoms with van der Waals surface area (Å²) in [6.45, 7) is 0. The van der Waals surface area contributed by atoms with Crippen molar-refractivity contribution in [2.45, 2.75) is 6.18 Å². The fourth-order valence-electron chi connectivity index (χ4n) is 1.76. The Morgan fingerprint density at radius 1 is 1.32 bits per heavy atom. The highest BCUT2D eigenvalue weighted by Gasteiger charge is 2.35. The molecule has 19 heavy (non-hydrogen) atoms. The molecule has 0 radical (unpaired) electrons. The van der Waals surface area contributed by atoms with E-state index in [0.717, 1.165) is 0 Å². The second-order valence-electron chi connectivity index (χ2n) is 3.83. The fraction of sp³-hybridized carbons (Fsp3) is 0.0909. The Bertz CT molecular complexity index is 851. The minimum Gasteiger partial charge on any atom is -0.449 e. The molecule has 0 aliphatic rings. The van der Waals surface area contributed by atoms with E-state index in [2.05, 4.69) is 4.98 Å². The van der Waals surface area contributed by atoms with E-state index in [-0.39, 0.29) is 22.1 Å². The maximum Gasteiger partial charge on any atom is 0.449 e. The van der Waals surface area contributed by atoms with Crippen molar-refractivity contribution in [2.75, 3.05) is 0 Å². The first kappa shape index (κ1) is 12.0. The van der Waals surface area contributed by atoms with Gasteiger partial charge in [0.1, 0.15) is 11.1 Å². The van der Waals surface area contributed by atoms with E-state index >= 15 is 0 Å². The summed E-state index contributed by atoms with van der Waals surface area (Å²) in [5.41, 5.74) is -1.15. The largest absolute Gasteiger partial charge is 0.449 e. The Kier molecular flexibility index (Phi) is 2.37. The van der Waals surface area contributed by atoms with E-state index in [1.54, 1.807) is 4.98 Å². The number of hydrogen-bond donors (Lipinski definition) is 1. The van der Waals surface area contributed by atoms with Gasteiger partial charge in [-0.2, -0.15) is 13.2 Å². The molecule has 98 valence electrons. The van der Waals surface area contributed by atoms with Gasteiger partial charge in [0.25, 0.3) is 5.56 Å². The van der Waals surface area contributed by atoms with Crippen LogP contribution in [0.3, 0.4) is 0 Å². The maximum atomic E-state index is 12.6. The molecule has 2 aromatic heterocycles. The maximum absolute atomic E-state index is 12.6. The summed E-state index contributed by atoms with van der Waals surface area (Å²) in [5.74, 6) is -1.37. The quantitative estimate of drug-likeness (QED) is 0.690. The van der Waals surface area contributed by atoms with Crippen LogP contribution >= 0.6 is 11.6 Å². The molecule has 0 fully saturated rings. The van der Waals surface area contributed by atoms with Crippen LogP contribution in [0.15, 0.2) is 27.4 Å². The SMILES string of the molecule is O=c1[nH]c(C(F)(F)F)nc2c1oc1ccc(Cl)cc12. The molecule has 4 nitrogen and oxygen atoms in total. The molecule has 2 heterocycles. The van der Waals surface area contributed by atoms with Crippen molar-refractivity contribution in [1.82, 2.24) is 9.97 Å². The van der Waals surface area contributed by atoms with E-state index in [1.807, 2.05) is 0 Å². The minimum atomic E-state index is -4.74. The highest BCUT2D eigenvalue weighted by Crippen LogP contribution is 2.30. The average Bonchev–Trinajstić information content (AvgIpc) is 2.67. The van der Waals surface area contributed by atoms with Crippen molar-refractivity contribution in [1.29, 1.82) is 0 Å². The normalized spacial score (nSPS) is 12.4. The highest BCUT2D eigenvalue weighted by atomic mass is 35.5. The molecule has 0 spiro atoms. The average molecular weight is 289 g/mol. The number of aromatic amines is 1. The first-order valence-electron chi connectivity index (χ1n) is 5.05. The van der Waals surface area contributed by atoms with Crippen LogP contribution in [0.5, 0.6) is 0 Å². The van der Waals surface area contributed by atoms with Crippen molar-refractivity contribution < 1.29 is 17.6 Å². The Labute approximate surface area is 107 Å². The van der Waals surface area contributed by atoms with E-state index in [1.165, 1.54) is 18.2 Å². The number of alkyl halides is 3. The van der Waals surface area contributed by atoms with Gasteiger partial charge in [-0.25, -0.2) is 4.98 Å². The molecular formula is C11H4ClF3N2O2. The van der Waals surface area contributed by atoms with Crippen molar-refractivity contribution in [3.8, 4) is 0 Å². The van der Waals surface area contributed by atoms with Crippen molar-refractivity contribution in [3.05, 3.63) is 39.4 Å². The number of nitrogens with zero attached hydrogens (tertiary/aromatic N) is 1. The molecule has 3 rings (SSSR count). The third-order valence-corrected chi connectivity index (χ3v) is 2.79. The van der Waals surface area contributed by atoms with Gasteiger partial charge in [0.2, 0.25) is 11.4 Å². The van der Waals surface area contributed by atoms with Gasteiger partial charge in [-0.1, -0.05) is 11.6 Å². The first-order chi connectivity index (χ1) is 8.86. The number of halogens is 4. The molecule has 0 aliphatic carbocycles. The molecule has 0 aliphatic heterocycles. The lowest BCUT2D eigenvalue weighted by Crippen LogP contribution is -2.18. The van der Waals surface area contributed by atoms with Crippen LogP contribution in [0.2, 0.25) is 5.02 Å². The number of nitrogens with one attached hydrogen (secondary N) is 1. The van der Waals surface area contributed by atoms with Crippen LogP contribution in [-0.2, 0) is 6.18 Å². The van der Waals surface area contributed by atoms with Gasteiger partial charge in [0, 0.05) is 10.4 Å². The summed E-state index contributed by atoms with van der Waals surface area (Å²) >= 11 is 5.77. The third kappa shape index (κ3) is 1.86. The van der Waals surface area contributed by atoms with Gasteiger partial charge >= 0.3 is 6.18 Å². The molecule has 0 saturated carbocycles. The summed E-state index contributed by atoms with van der Waals surface area (Å²) in [7, 11) is 0. The molecule has 0 unspecified atom stereocenters. The van der Waals surface area contributed by atoms with E-state index < -0.39 is 17.6 Å². The number of aromatic nitrogens is 2. The smallest absolute Gasteiger partial charge is 0.449 e. The van der Waals surface area contributed by atoms with Crippen LogP contribution in [0.25, 0.3) is 22.1 Å². The number of H-pyrrole nitrogens is 1. The topological polar surface area (TPSA) is 58.9 Å². The standard InChI is InChI=1S/C11H4ClF3N2O2/c12-4-1-2-6-5(3-4)7-8(19-6)9(18)17-10(16-7)11(13,14)15/h1-3H,(H,16,17,18). The monoisotopic (exact) mass is 288 g/mol. The minimum absolute atomic E-state index is 0.159. The molecule has 8 heteroatoms. The van der Waals surface area contributed by atoms with Gasteiger partial charge in [0.05, 0.1) is 0 Å². The van der Waals surface area contributed by atoms with Gasteiger partial charge < -0.3 is 4.42 Å². The number of rotatable bonds is 0. The highest BCUT2D eigenvalue weighted by molar-refractivity contribution is 6.31. The molecular weight excluding hydrogens is 285 g/mol. The summed E-state index contributed by atoms with van der Waals surface area (Å²) in [5, 5.41) is 0.574. The second kappa shape index (κ2) is 3.74. The number of hydrogen-bond acceptors (Lipinski definition) is 3. The fourth-order valence-corrected chi connectivity index (χ4v) is 1.93. The Balaban J connectivity index is 2.48. The summed E-state index contributed by atoms with van der Waals surface area (Å²) < 4.78 is 42.9. The van der Waals surface area contributed by atoms with Gasteiger partial charge in [-0.05, 0) is 18.2 Å². The summed E-state index contributed by atoms with van der Waals surface area (Å²) in [6.07, 6.45) is -4.74. The number of furan rings is 1. The lowest BCUT2D eigenvalue weighted by molar-refractivity contribution is -0.144. The van der Waals surface area contributed by atoms with Crippen molar-refractivity contribution in [2.24, 2.45) is 0 Å². The third-order valence-electron chi connectivity index (χ3n) is 2.55. The second-order valence-corrected chi connectivity index (χ2v) is 4.27. The predicted octanol–water partition coefficient (Wildman–Crippen LogP) is 3.34. The lowest BCUT2D eigenvalue weighted by Gasteiger charge is -2.03. The van der Waals surface area contributed by atoms with Crippen LogP contribution in [-0.4, -0.2) is 9.97 Å².